The van der Waals surface area contributed by atoms with Gasteiger partial charge < -0.3 is 10.2 Å². The van der Waals surface area contributed by atoms with Crippen LogP contribution in [0.2, 0.25) is 0 Å². The number of ketones is 1. The van der Waals surface area contributed by atoms with Crippen molar-refractivity contribution in [3.8, 4) is 0 Å². The van der Waals surface area contributed by atoms with Gasteiger partial charge in [0.2, 0.25) is 5.91 Å². The molecule has 0 radical (unpaired) electrons. The Balaban J connectivity index is 1.37. The number of Topliss-reactive ketones (excluding diaryl/α,β-unsaturated/α-hetero) is 1. The fourth-order valence-electron chi connectivity index (χ4n) is 5.76. The summed E-state index contributed by atoms with van der Waals surface area (Å²) in [5.74, 6) is 1.06. The topological polar surface area (TPSA) is 75.7 Å². The molecule has 6 nitrogen and oxygen atoms in total. The number of hydrogen-bond acceptors (Lipinski definition) is 5. The van der Waals surface area contributed by atoms with Gasteiger partial charge in [0, 0.05) is 24.4 Å². The van der Waals surface area contributed by atoms with Crippen LogP contribution in [-0.4, -0.2) is 41.9 Å². The Hall–Kier alpha value is -1.43. The highest BCUT2D eigenvalue weighted by Gasteiger charge is 2.58. The Labute approximate surface area is 161 Å². The van der Waals surface area contributed by atoms with Gasteiger partial charge in [-0.3, -0.25) is 9.59 Å². The van der Waals surface area contributed by atoms with Crippen molar-refractivity contribution in [2.45, 2.75) is 71.8 Å². The molecule has 0 aromatic carbocycles. The van der Waals surface area contributed by atoms with Gasteiger partial charge in [0.1, 0.15) is 5.78 Å². The lowest BCUT2D eigenvalue weighted by molar-refractivity contribution is -0.205. The maximum absolute atomic E-state index is 13.2. The van der Waals surface area contributed by atoms with E-state index in [1.807, 2.05) is 20.8 Å². The molecule has 3 atom stereocenters. The van der Waals surface area contributed by atoms with Crippen molar-refractivity contribution < 1.29 is 19.2 Å². The Bertz CT molecular complexity index is 635. The third-order valence-electron chi connectivity index (χ3n) is 7.02. The van der Waals surface area contributed by atoms with E-state index in [1.54, 1.807) is 5.06 Å². The number of hydroxylamine groups is 2. The normalized spacial score (nSPS) is 38.7. The minimum atomic E-state index is -0.540. The van der Waals surface area contributed by atoms with Crippen molar-refractivity contribution in [2.75, 3.05) is 13.1 Å². The van der Waals surface area contributed by atoms with E-state index < -0.39 is 5.41 Å². The van der Waals surface area contributed by atoms with Crippen LogP contribution < -0.4 is 5.32 Å². The third-order valence-corrected chi connectivity index (χ3v) is 7.02. The van der Waals surface area contributed by atoms with Crippen molar-refractivity contribution in [3.05, 3.63) is 0 Å². The first-order valence-electron chi connectivity index (χ1n) is 10.5. The molecule has 5 rings (SSSR count). The highest BCUT2D eigenvalue weighted by atomic mass is 16.7. The van der Waals surface area contributed by atoms with Crippen LogP contribution >= 0.6 is 0 Å². The summed E-state index contributed by atoms with van der Waals surface area (Å²) < 4.78 is 0. The number of rotatable bonds is 3. The van der Waals surface area contributed by atoms with E-state index >= 15 is 0 Å². The average Bonchev–Trinajstić information content (AvgIpc) is 2.58. The lowest BCUT2D eigenvalue weighted by atomic mass is 9.49. The number of carbonyl (C=O) groups excluding carboxylic acids is 3. The van der Waals surface area contributed by atoms with Gasteiger partial charge in [-0.15, -0.1) is 5.06 Å². The predicted molar refractivity (Wildman–Crippen MR) is 99.3 cm³/mol. The maximum Gasteiger partial charge on any atom is 0.330 e. The fourth-order valence-corrected chi connectivity index (χ4v) is 5.76. The van der Waals surface area contributed by atoms with Crippen molar-refractivity contribution in [1.82, 2.24) is 10.4 Å². The predicted octanol–water partition coefficient (Wildman–Crippen LogP) is 2.47. The van der Waals surface area contributed by atoms with E-state index in [-0.39, 0.29) is 35.2 Å². The first-order chi connectivity index (χ1) is 12.7. The zero-order chi connectivity index (χ0) is 19.4. The minimum absolute atomic E-state index is 0.00252. The number of piperidine rings is 1. The Kier molecular flexibility index (Phi) is 4.60. The van der Waals surface area contributed by atoms with Crippen LogP contribution in [0.1, 0.15) is 65.7 Å². The molecule has 0 aromatic heterocycles. The van der Waals surface area contributed by atoms with Gasteiger partial charge in [-0.25, -0.2) is 4.79 Å². The zero-order valence-electron chi connectivity index (χ0n) is 16.8. The van der Waals surface area contributed by atoms with Gasteiger partial charge in [-0.1, -0.05) is 0 Å². The highest BCUT2D eigenvalue weighted by Crippen LogP contribution is 2.58. The van der Waals surface area contributed by atoms with Gasteiger partial charge in [-0.2, -0.15) is 0 Å². The largest absolute Gasteiger partial charge is 0.367 e. The second-order valence-corrected chi connectivity index (χ2v) is 10.4. The van der Waals surface area contributed by atoms with Crippen molar-refractivity contribution in [1.29, 1.82) is 0 Å². The summed E-state index contributed by atoms with van der Waals surface area (Å²) in [7, 11) is 0. The molecule has 27 heavy (non-hydrogen) atoms. The molecule has 3 unspecified atom stereocenters. The van der Waals surface area contributed by atoms with E-state index in [1.165, 1.54) is 0 Å². The van der Waals surface area contributed by atoms with Crippen molar-refractivity contribution in [3.63, 3.8) is 0 Å². The molecule has 6 heteroatoms. The van der Waals surface area contributed by atoms with E-state index in [0.717, 1.165) is 44.9 Å². The standard InChI is InChI=1S/C21H32N2O4/c1-20(2,3)19(26)27-23-6-4-5-16(12-23)22-18(25)21-9-13-7-14(10-21)17(24)15(8-13)11-21/h13-16H,4-12H2,1-3H3,(H,22,25). The molecule has 1 heterocycles. The lowest BCUT2D eigenvalue weighted by Crippen LogP contribution is -2.59. The molecule has 0 spiro atoms. The van der Waals surface area contributed by atoms with Crippen LogP contribution in [0.5, 0.6) is 0 Å². The van der Waals surface area contributed by atoms with E-state index in [0.29, 0.717) is 24.8 Å². The molecule has 1 aliphatic heterocycles. The summed E-state index contributed by atoms with van der Waals surface area (Å²) in [5.41, 5.74) is -0.878. The summed E-state index contributed by atoms with van der Waals surface area (Å²) in [6.07, 6.45) is 6.19. The highest BCUT2D eigenvalue weighted by molar-refractivity contribution is 5.91. The molecule has 1 amide bonds. The SMILES string of the molecule is CC(C)(C)C(=O)ON1CCCC(NC(=O)C23CC4CC(C2)C(=O)C(C4)C3)C1. The minimum Gasteiger partial charge on any atom is -0.367 e. The Morgan fingerprint density at radius 1 is 1.15 bits per heavy atom. The monoisotopic (exact) mass is 376 g/mol. The molecule has 4 aliphatic carbocycles. The second-order valence-electron chi connectivity index (χ2n) is 10.4. The summed E-state index contributed by atoms with van der Waals surface area (Å²) in [6, 6.07) is 0.00252. The molecule has 1 saturated heterocycles. The van der Waals surface area contributed by atoms with Crippen LogP contribution in [-0.2, 0) is 19.2 Å². The Morgan fingerprint density at radius 3 is 2.44 bits per heavy atom. The molecule has 4 saturated carbocycles. The number of hydrogen-bond donors (Lipinski definition) is 1. The molecule has 150 valence electrons. The second kappa shape index (κ2) is 6.57. The van der Waals surface area contributed by atoms with Gasteiger partial charge in [0.15, 0.2) is 0 Å². The van der Waals surface area contributed by atoms with Gasteiger partial charge in [0.25, 0.3) is 0 Å². The number of amides is 1. The summed E-state index contributed by atoms with van der Waals surface area (Å²) in [6.45, 7) is 6.77. The number of nitrogens with one attached hydrogen (secondary N) is 1. The third kappa shape index (κ3) is 3.53. The van der Waals surface area contributed by atoms with Gasteiger partial charge in [0.05, 0.1) is 17.4 Å². The maximum atomic E-state index is 13.2. The smallest absolute Gasteiger partial charge is 0.330 e. The van der Waals surface area contributed by atoms with Crippen LogP contribution in [0.25, 0.3) is 0 Å². The summed E-state index contributed by atoms with van der Waals surface area (Å²) in [5, 5.41) is 4.95. The van der Waals surface area contributed by atoms with Crippen molar-refractivity contribution >= 4 is 17.7 Å². The van der Waals surface area contributed by atoms with E-state index in [2.05, 4.69) is 5.32 Å². The number of nitrogens with zero attached hydrogens (tertiary/aromatic N) is 1. The van der Waals surface area contributed by atoms with Gasteiger partial charge in [-0.05, 0) is 71.6 Å². The molecule has 5 fully saturated rings. The molecule has 5 aliphatic rings. The van der Waals surface area contributed by atoms with Crippen LogP contribution in [0.3, 0.4) is 0 Å². The van der Waals surface area contributed by atoms with Crippen LogP contribution in [0, 0.1) is 28.6 Å². The molecule has 0 aromatic rings. The fraction of sp³-hybridized carbons (Fsp3) is 0.857. The molecular weight excluding hydrogens is 344 g/mol. The first kappa shape index (κ1) is 18.9. The summed E-state index contributed by atoms with van der Waals surface area (Å²) >= 11 is 0. The number of carbonyl (C=O) groups is 3. The zero-order valence-corrected chi connectivity index (χ0v) is 16.8. The molecular formula is C21H32N2O4. The lowest BCUT2D eigenvalue weighted by Gasteiger charge is -2.54. The van der Waals surface area contributed by atoms with Crippen LogP contribution in [0.15, 0.2) is 0 Å². The van der Waals surface area contributed by atoms with Crippen molar-refractivity contribution in [2.24, 2.45) is 28.6 Å². The summed E-state index contributed by atoms with van der Waals surface area (Å²) in [4.78, 5) is 43.2. The molecule has 4 bridgehead atoms. The van der Waals surface area contributed by atoms with Gasteiger partial charge >= 0.3 is 5.97 Å². The first-order valence-corrected chi connectivity index (χ1v) is 10.5. The Morgan fingerprint density at radius 2 is 1.81 bits per heavy atom. The molecule has 1 N–H and O–H groups in total. The van der Waals surface area contributed by atoms with E-state index in [4.69, 9.17) is 4.84 Å². The van der Waals surface area contributed by atoms with E-state index in [9.17, 15) is 14.4 Å². The quantitative estimate of drug-likeness (QED) is 0.819. The van der Waals surface area contributed by atoms with Crippen LogP contribution in [0.4, 0.5) is 0 Å². The average molecular weight is 376 g/mol.